The van der Waals surface area contributed by atoms with Crippen LogP contribution in [0.5, 0.6) is 0 Å². The van der Waals surface area contributed by atoms with Crippen LogP contribution in [-0.2, 0) is 17.8 Å². The number of amides is 1. The molecule has 2 N–H and O–H groups in total. The number of pyridine rings is 1. The third kappa shape index (κ3) is 3.55. The Bertz CT molecular complexity index is 651. The molecule has 0 saturated heterocycles. The predicted octanol–water partition coefficient (Wildman–Crippen LogP) is 2.48. The molecule has 1 aliphatic rings. The van der Waals surface area contributed by atoms with Crippen molar-refractivity contribution in [1.82, 2.24) is 4.98 Å². The Morgan fingerprint density at radius 3 is 2.59 bits per heavy atom. The third-order valence-electron chi connectivity index (χ3n) is 3.41. The van der Waals surface area contributed by atoms with Crippen molar-refractivity contribution in [2.45, 2.75) is 19.0 Å². The van der Waals surface area contributed by atoms with E-state index in [1.165, 1.54) is 12.1 Å². The molecular weight excluding hydrogens is 328 g/mol. The van der Waals surface area contributed by atoms with Gasteiger partial charge in [0.2, 0.25) is 5.91 Å². The van der Waals surface area contributed by atoms with Crippen molar-refractivity contribution in [3.05, 3.63) is 59.7 Å². The zero-order chi connectivity index (χ0) is 14.1. The summed E-state index contributed by atoms with van der Waals surface area (Å²) in [5, 5.41) is 0. The van der Waals surface area contributed by atoms with E-state index in [1.807, 2.05) is 6.07 Å². The molecule has 0 aliphatic carbocycles. The van der Waals surface area contributed by atoms with Gasteiger partial charge in [-0.2, -0.15) is 0 Å². The number of nitrogens with zero attached hydrogens (tertiary/aromatic N) is 2. The van der Waals surface area contributed by atoms with Crippen LogP contribution in [0.3, 0.4) is 0 Å². The van der Waals surface area contributed by atoms with Crippen molar-refractivity contribution in [2.24, 2.45) is 5.73 Å². The zero-order valence-corrected chi connectivity index (χ0v) is 13.2. The van der Waals surface area contributed by atoms with Gasteiger partial charge in [-0.3, -0.25) is 9.78 Å². The number of nitrogens with two attached hydrogens (primary N) is 1. The van der Waals surface area contributed by atoms with Crippen molar-refractivity contribution in [3.8, 4) is 0 Å². The van der Waals surface area contributed by atoms with Gasteiger partial charge in [0.05, 0.1) is 24.0 Å². The first kappa shape index (κ1) is 18.4. The molecule has 1 atom stereocenters. The average Bonchev–Trinajstić information content (AvgIpc) is 2.46. The summed E-state index contributed by atoms with van der Waals surface area (Å²) in [6.45, 7) is 0.367. The van der Waals surface area contributed by atoms with E-state index in [0.717, 1.165) is 16.9 Å². The van der Waals surface area contributed by atoms with Gasteiger partial charge >= 0.3 is 0 Å². The SMILES string of the molecule is Cl.Cl.NC1Cc2ncccc2N(Cc2ccc(F)cc2)C1=O. The molecule has 4 nitrogen and oxygen atoms in total. The summed E-state index contributed by atoms with van der Waals surface area (Å²) in [5.41, 5.74) is 8.32. The second-order valence-corrected chi connectivity index (χ2v) is 4.83. The predicted molar refractivity (Wildman–Crippen MR) is 88.0 cm³/mol. The summed E-state index contributed by atoms with van der Waals surface area (Å²) < 4.78 is 12.9. The molecule has 1 aliphatic heterocycles. The molecule has 1 unspecified atom stereocenters. The molecule has 3 rings (SSSR count). The first-order valence-electron chi connectivity index (χ1n) is 6.40. The molecular formula is C15H16Cl2FN3O. The minimum absolute atomic E-state index is 0. The summed E-state index contributed by atoms with van der Waals surface area (Å²) in [6.07, 6.45) is 2.15. The smallest absolute Gasteiger partial charge is 0.244 e. The maximum atomic E-state index is 12.9. The van der Waals surface area contributed by atoms with E-state index in [1.54, 1.807) is 29.3 Å². The van der Waals surface area contributed by atoms with Crippen LogP contribution in [0.2, 0.25) is 0 Å². The van der Waals surface area contributed by atoms with Gasteiger partial charge in [-0.15, -0.1) is 24.8 Å². The standard InChI is InChI=1S/C15H14FN3O.2ClH/c16-11-5-3-10(4-6-11)9-19-14-2-1-7-18-13(14)8-12(17)15(19)20;;/h1-7,12H,8-9,17H2;2*1H. The quantitative estimate of drug-likeness (QED) is 0.911. The lowest BCUT2D eigenvalue weighted by atomic mass is 10.0. The van der Waals surface area contributed by atoms with Gasteiger partial charge in [0.1, 0.15) is 5.82 Å². The fraction of sp³-hybridized carbons (Fsp3) is 0.200. The fourth-order valence-corrected chi connectivity index (χ4v) is 2.38. The van der Waals surface area contributed by atoms with Gasteiger partial charge in [0, 0.05) is 12.6 Å². The van der Waals surface area contributed by atoms with E-state index in [4.69, 9.17) is 5.73 Å². The lowest BCUT2D eigenvalue weighted by Gasteiger charge is -2.31. The van der Waals surface area contributed by atoms with Crippen molar-refractivity contribution in [1.29, 1.82) is 0 Å². The fourth-order valence-electron chi connectivity index (χ4n) is 2.38. The number of anilines is 1. The Morgan fingerprint density at radius 2 is 1.91 bits per heavy atom. The Labute approximate surface area is 140 Å². The maximum Gasteiger partial charge on any atom is 0.244 e. The maximum absolute atomic E-state index is 12.9. The van der Waals surface area contributed by atoms with Crippen LogP contribution in [0.4, 0.5) is 10.1 Å². The van der Waals surface area contributed by atoms with E-state index in [-0.39, 0.29) is 36.5 Å². The molecule has 0 bridgehead atoms. The third-order valence-corrected chi connectivity index (χ3v) is 3.41. The van der Waals surface area contributed by atoms with Crippen LogP contribution in [0.25, 0.3) is 0 Å². The molecule has 2 heterocycles. The van der Waals surface area contributed by atoms with E-state index in [2.05, 4.69) is 4.98 Å². The van der Waals surface area contributed by atoms with Crippen molar-refractivity contribution < 1.29 is 9.18 Å². The van der Waals surface area contributed by atoms with Gasteiger partial charge in [0.25, 0.3) is 0 Å². The topological polar surface area (TPSA) is 59.2 Å². The normalized spacial score (nSPS) is 16.4. The summed E-state index contributed by atoms with van der Waals surface area (Å²) in [5.74, 6) is -0.424. The second kappa shape index (κ2) is 7.54. The summed E-state index contributed by atoms with van der Waals surface area (Å²) in [4.78, 5) is 18.1. The van der Waals surface area contributed by atoms with E-state index in [0.29, 0.717) is 13.0 Å². The number of halogens is 3. The first-order chi connectivity index (χ1) is 9.65. The van der Waals surface area contributed by atoms with E-state index < -0.39 is 6.04 Å². The number of carbonyl (C=O) groups excluding carboxylic acids is 1. The lowest BCUT2D eigenvalue weighted by molar-refractivity contribution is -0.120. The van der Waals surface area contributed by atoms with Crippen molar-refractivity contribution in [3.63, 3.8) is 0 Å². The molecule has 0 spiro atoms. The summed E-state index contributed by atoms with van der Waals surface area (Å²) in [6, 6.07) is 9.17. The highest BCUT2D eigenvalue weighted by Crippen LogP contribution is 2.27. The minimum atomic E-state index is -0.571. The Morgan fingerprint density at radius 1 is 1.23 bits per heavy atom. The van der Waals surface area contributed by atoms with Crippen LogP contribution in [0.15, 0.2) is 42.6 Å². The number of rotatable bonds is 2. The number of fused-ring (bicyclic) bond motifs is 1. The first-order valence-corrected chi connectivity index (χ1v) is 6.40. The Kier molecular flexibility index (Phi) is 6.29. The van der Waals surface area contributed by atoms with E-state index in [9.17, 15) is 9.18 Å². The van der Waals surface area contributed by atoms with Crippen LogP contribution in [0.1, 0.15) is 11.3 Å². The number of hydrogen-bond donors (Lipinski definition) is 1. The molecule has 22 heavy (non-hydrogen) atoms. The molecule has 2 aromatic rings. The highest BCUT2D eigenvalue weighted by Gasteiger charge is 2.30. The monoisotopic (exact) mass is 343 g/mol. The molecule has 1 aromatic carbocycles. The Balaban J connectivity index is 0.00000121. The van der Waals surface area contributed by atoms with Crippen molar-refractivity contribution in [2.75, 3.05) is 4.90 Å². The highest BCUT2D eigenvalue weighted by molar-refractivity contribution is 5.99. The number of carbonyl (C=O) groups is 1. The van der Waals surface area contributed by atoms with Crippen LogP contribution in [-0.4, -0.2) is 16.9 Å². The zero-order valence-electron chi connectivity index (χ0n) is 11.6. The van der Waals surface area contributed by atoms with Gasteiger partial charge in [0.15, 0.2) is 0 Å². The molecule has 0 saturated carbocycles. The van der Waals surface area contributed by atoms with E-state index >= 15 is 0 Å². The molecule has 7 heteroatoms. The number of benzene rings is 1. The largest absolute Gasteiger partial charge is 0.320 e. The minimum Gasteiger partial charge on any atom is -0.320 e. The van der Waals surface area contributed by atoms with Gasteiger partial charge in [-0.05, 0) is 29.8 Å². The molecule has 118 valence electrons. The lowest BCUT2D eigenvalue weighted by Crippen LogP contribution is -2.48. The molecule has 1 amide bonds. The summed E-state index contributed by atoms with van der Waals surface area (Å²) in [7, 11) is 0. The van der Waals surface area contributed by atoms with Gasteiger partial charge < -0.3 is 10.6 Å². The number of hydrogen-bond acceptors (Lipinski definition) is 3. The molecule has 0 fully saturated rings. The van der Waals surface area contributed by atoms with Crippen LogP contribution >= 0.6 is 24.8 Å². The van der Waals surface area contributed by atoms with Gasteiger partial charge in [-0.1, -0.05) is 12.1 Å². The Hall–Kier alpha value is -1.69. The van der Waals surface area contributed by atoms with Crippen LogP contribution < -0.4 is 10.6 Å². The van der Waals surface area contributed by atoms with Gasteiger partial charge in [-0.25, -0.2) is 4.39 Å². The van der Waals surface area contributed by atoms with Crippen LogP contribution in [0, 0.1) is 5.82 Å². The number of aromatic nitrogens is 1. The summed E-state index contributed by atoms with van der Waals surface area (Å²) >= 11 is 0. The average molecular weight is 344 g/mol. The second-order valence-electron chi connectivity index (χ2n) is 4.83. The van der Waals surface area contributed by atoms with Crippen molar-refractivity contribution >= 4 is 36.4 Å². The molecule has 1 aromatic heterocycles. The highest BCUT2D eigenvalue weighted by atomic mass is 35.5. The molecule has 0 radical (unpaired) electrons.